The summed E-state index contributed by atoms with van der Waals surface area (Å²) >= 11 is 0. The lowest BCUT2D eigenvalue weighted by Crippen LogP contribution is -2.26. The molecule has 5 heteroatoms. The molecule has 2 aromatic rings. The molecule has 5 nitrogen and oxygen atoms in total. The van der Waals surface area contributed by atoms with Crippen LogP contribution >= 0.6 is 0 Å². The van der Waals surface area contributed by atoms with Crippen molar-refractivity contribution in [3.63, 3.8) is 0 Å². The molecule has 0 saturated carbocycles. The first-order valence-electron chi connectivity index (χ1n) is 6.04. The number of para-hydroxylation sites is 3. The Kier molecular flexibility index (Phi) is 3.79. The van der Waals surface area contributed by atoms with Crippen molar-refractivity contribution in [1.29, 1.82) is 0 Å². The standard InChI is InChI=1S/C15H16N2O3/c1-17(12-8-3-4-9-13(12)20-2)15(19)10-6-5-7-11(16)14(10)18/h3-9,18H,16H2,1-2H3. The molecule has 104 valence electrons. The van der Waals surface area contributed by atoms with Crippen LogP contribution in [-0.2, 0) is 0 Å². The number of methoxy groups -OCH3 is 1. The second-order valence-corrected chi connectivity index (χ2v) is 4.28. The maximum Gasteiger partial charge on any atom is 0.261 e. The molecule has 0 aliphatic rings. The van der Waals surface area contributed by atoms with E-state index in [2.05, 4.69) is 0 Å². The molecule has 0 bridgehead atoms. The van der Waals surface area contributed by atoms with Crippen molar-refractivity contribution in [2.45, 2.75) is 0 Å². The molecule has 0 heterocycles. The van der Waals surface area contributed by atoms with Gasteiger partial charge in [-0.2, -0.15) is 0 Å². The molecule has 0 fully saturated rings. The fraction of sp³-hybridized carbons (Fsp3) is 0.133. The monoisotopic (exact) mass is 272 g/mol. The van der Waals surface area contributed by atoms with Gasteiger partial charge in [-0.1, -0.05) is 18.2 Å². The van der Waals surface area contributed by atoms with Gasteiger partial charge in [-0.15, -0.1) is 0 Å². The average molecular weight is 272 g/mol. The van der Waals surface area contributed by atoms with Crippen LogP contribution in [0.3, 0.4) is 0 Å². The molecule has 20 heavy (non-hydrogen) atoms. The predicted molar refractivity (Wildman–Crippen MR) is 78.2 cm³/mol. The zero-order chi connectivity index (χ0) is 14.7. The van der Waals surface area contributed by atoms with Crippen LogP contribution in [0.15, 0.2) is 42.5 Å². The minimum Gasteiger partial charge on any atom is -0.505 e. The van der Waals surface area contributed by atoms with Crippen molar-refractivity contribution >= 4 is 17.3 Å². The number of amides is 1. The number of hydrogen-bond donors (Lipinski definition) is 2. The van der Waals surface area contributed by atoms with Crippen LogP contribution in [0, 0.1) is 0 Å². The second kappa shape index (κ2) is 5.52. The number of phenols is 1. The number of ether oxygens (including phenoxy) is 1. The van der Waals surface area contributed by atoms with E-state index in [1.807, 2.05) is 6.07 Å². The van der Waals surface area contributed by atoms with Gasteiger partial charge in [-0.3, -0.25) is 4.79 Å². The number of phenolic OH excluding ortho intramolecular Hbond substituents is 1. The molecule has 0 atom stereocenters. The van der Waals surface area contributed by atoms with Crippen LogP contribution in [0.25, 0.3) is 0 Å². The Morgan fingerprint density at radius 3 is 2.60 bits per heavy atom. The number of carbonyl (C=O) groups excluding carboxylic acids is 1. The zero-order valence-electron chi connectivity index (χ0n) is 11.3. The van der Waals surface area contributed by atoms with Crippen LogP contribution in [0.2, 0.25) is 0 Å². The molecule has 2 rings (SSSR count). The van der Waals surface area contributed by atoms with Crippen LogP contribution in [0.1, 0.15) is 10.4 Å². The fourth-order valence-electron chi connectivity index (χ4n) is 1.93. The summed E-state index contributed by atoms with van der Waals surface area (Å²) in [5.41, 5.74) is 6.54. The van der Waals surface area contributed by atoms with E-state index in [1.54, 1.807) is 31.3 Å². The molecule has 3 N–H and O–H groups in total. The van der Waals surface area contributed by atoms with Gasteiger partial charge in [0.2, 0.25) is 0 Å². The normalized spacial score (nSPS) is 10.1. The topological polar surface area (TPSA) is 75.8 Å². The fourth-order valence-corrected chi connectivity index (χ4v) is 1.93. The molecular formula is C15H16N2O3. The Morgan fingerprint density at radius 2 is 1.90 bits per heavy atom. The molecule has 0 unspecified atom stereocenters. The summed E-state index contributed by atoms with van der Waals surface area (Å²) in [6, 6.07) is 11.8. The lowest BCUT2D eigenvalue weighted by atomic mass is 10.1. The number of rotatable bonds is 3. The van der Waals surface area contributed by atoms with Gasteiger partial charge in [-0.25, -0.2) is 0 Å². The summed E-state index contributed by atoms with van der Waals surface area (Å²) in [6.45, 7) is 0. The van der Waals surface area contributed by atoms with Crippen LogP contribution in [0.4, 0.5) is 11.4 Å². The summed E-state index contributed by atoms with van der Waals surface area (Å²) in [4.78, 5) is 13.9. The van der Waals surface area contributed by atoms with Crippen molar-refractivity contribution in [3.05, 3.63) is 48.0 Å². The molecule has 0 saturated heterocycles. The van der Waals surface area contributed by atoms with Gasteiger partial charge in [0.25, 0.3) is 5.91 Å². The van der Waals surface area contributed by atoms with Crippen molar-refractivity contribution in [2.75, 3.05) is 24.8 Å². The van der Waals surface area contributed by atoms with Gasteiger partial charge in [-0.05, 0) is 24.3 Å². The van der Waals surface area contributed by atoms with Gasteiger partial charge in [0.15, 0.2) is 5.75 Å². The molecule has 0 aliphatic carbocycles. The Balaban J connectivity index is 2.40. The minimum atomic E-state index is -0.362. The largest absolute Gasteiger partial charge is 0.505 e. The van der Waals surface area contributed by atoms with Crippen LogP contribution in [0.5, 0.6) is 11.5 Å². The number of nitrogen functional groups attached to an aromatic ring is 1. The van der Waals surface area contributed by atoms with Crippen LogP contribution in [-0.4, -0.2) is 25.2 Å². The molecule has 0 spiro atoms. The molecular weight excluding hydrogens is 256 g/mol. The van der Waals surface area contributed by atoms with Gasteiger partial charge in [0.05, 0.1) is 24.0 Å². The van der Waals surface area contributed by atoms with E-state index in [9.17, 15) is 9.90 Å². The molecule has 2 aromatic carbocycles. The van der Waals surface area contributed by atoms with Crippen molar-refractivity contribution in [2.24, 2.45) is 0 Å². The maximum absolute atomic E-state index is 12.4. The highest BCUT2D eigenvalue weighted by molar-refractivity contribution is 6.09. The van der Waals surface area contributed by atoms with Crippen molar-refractivity contribution < 1.29 is 14.6 Å². The van der Waals surface area contributed by atoms with E-state index >= 15 is 0 Å². The first-order chi connectivity index (χ1) is 9.56. The van der Waals surface area contributed by atoms with E-state index in [0.717, 1.165) is 0 Å². The Morgan fingerprint density at radius 1 is 1.20 bits per heavy atom. The van der Waals surface area contributed by atoms with Gasteiger partial charge >= 0.3 is 0 Å². The Bertz CT molecular complexity index is 641. The Hall–Kier alpha value is -2.69. The first kappa shape index (κ1) is 13.7. The van der Waals surface area contributed by atoms with E-state index in [0.29, 0.717) is 11.4 Å². The average Bonchev–Trinajstić information content (AvgIpc) is 2.48. The third kappa shape index (κ3) is 2.38. The van der Waals surface area contributed by atoms with Gasteiger partial charge in [0.1, 0.15) is 5.75 Å². The maximum atomic E-state index is 12.4. The number of anilines is 2. The van der Waals surface area contributed by atoms with Gasteiger partial charge in [0, 0.05) is 7.05 Å². The van der Waals surface area contributed by atoms with E-state index in [1.165, 1.54) is 24.1 Å². The number of benzene rings is 2. The number of nitrogens with zero attached hydrogens (tertiary/aromatic N) is 1. The molecule has 0 aromatic heterocycles. The predicted octanol–water partition coefficient (Wildman–Crippen LogP) is 2.26. The molecule has 0 aliphatic heterocycles. The highest BCUT2D eigenvalue weighted by Gasteiger charge is 2.20. The SMILES string of the molecule is COc1ccccc1N(C)C(=O)c1cccc(N)c1O. The summed E-state index contributed by atoms with van der Waals surface area (Å²) in [5, 5.41) is 9.89. The number of nitrogens with two attached hydrogens (primary N) is 1. The number of hydrogen-bond acceptors (Lipinski definition) is 4. The highest BCUT2D eigenvalue weighted by atomic mass is 16.5. The number of aromatic hydroxyl groups is 1. The van der Waals surface area contributed by atoms with Crippen molar-refractivity contribution in [3.8, 4) is 11.5 Å². The molecule has 0 radical (unpaired) electrons. The third-order valence-corrected chi connectivity index (χ3v) is 3.05. The summed E-state index contributed by atoms with van der Waals surface area (Å²) in [5.74, 6) is 0.00490. The first-order valence-corrected chi connectivity index (χ1v) is 6.04. The lowest BCUT2D eigenvalue weighted by Gasteiger charge is -2.20. The van der Waals surface area contributed by atoms with Crippen molar-refractivity contribution in [1.82, 2.24) is 0 Å². The second-order valence-electron chi connectivity index (χ2n) is 4.28. The van der Waals surface area contributed by atoms with E-state index < -0.39 is 0 Å². The smallest absolute Gasteiger partial charge is 0.261 e. The molecule has 1 amide bonds. The summed E-state index contributed by atoms with van der Waals surface area (Å²) in [6.07, 6.45) is 0. The zero-order valence-corrected chi connectivity index (χ0v) is 11.3. The summed E-state index contributed by atoms with van der Waals surface area (Å²) < 4.78 is 5.23. The lowest BCUT2D eigenvalue weighted by molar-refractivity contribution is 0.0990. The highest BCUT2D eigenvalue weighted by Crippen LogP contribution is 2.31. The van der Waals surface area contributed by atoms with E-state index in [4.69, 9.17) is 10.5 Å². The Labute approximate surface area is 117 Å². The van der Waals surface area contributed by atoms with E-state index in [-0.39, 0.29) is 22.9 Å². The minimum absolute atomic E-state index is 0.151. The third-order valence-electron chi connectivity index (χ3n) is 3.05. The quantitative estimate of drug-likeness (QED) is 0.663. The summed E-state index contributed by atoms with van der Waals surface area (Å²) in [7, 11) is 3.15. The number of carbonyl (C=O) groups is 1. The van der Waals surface area contributed by atoms with Gasteiger partial charge < -0.3 is 20.5 Å². The van der Waals surface area contributed by atoms with Crippen LogP contribution < -0.4 is 15.4 Å².